The predicted molar refractivity (Wildman–Crippen MR) is 180 cm³/mol. The van der Waals surface area contributed by atoms with Gasteiger partial charge in [-0.1, -0.05) is 47.5 Å². The molecule has 0 radical (unpaired) electrons. The molecule has 2 unspecified atom stereocenters. The van der Waals surface area contributed by atoms with Crippen molar-refractivity contribution in [3.8, 4) is 11.1 Å². The Morgan fingerprint density at radius 1 is 1.02 bits per heavy atom. The molecule has 0 bridgehead atoms. The molecule has 2 aromatic heterocycles. The molecule has 16 heteroatoms. The molecule has 2 aliphatic heterocycles. The Kier molecular flexibility index (Phi) is 8.25. The number of methoxy groups -OCH3 is 1. The molecule has 1 saturated heterocycles. The largest absolute Gasteiger partial charge is 0.467 e. The van der Waals surface area contributed by atoms with Crippen molar-refractivity contribution in [1.82, 2.24) is 29.1 Å². The monoisotopic (exact) mass is 723 g/mol. The van der Waals surface area contributed by atoms with E-state index in [2.05, 4.69) is 20.3 Å². The maximum Gasteiger partial charge on any atom is 0.331 e. The number of carbonyl (C=O) groups excluding carboxylic acids is 3. The quantitative estimate of drug-likeness (QED) is 0.249. The summed E-state index contributed by atoms with van der Waals surface area (Å²) in [7, 11) is -3.17. The number of halogens is 2. The molecule has 1 aliphatic carbocycles. The van der Waals surface area contributed by atoms with E-state index in [1.807, 2.05) is 24.3 Å². The molecule has 0 spiro atoms. The van der Waals surface area contributed by atoms with Crippen molar-refractivity contribution in [2.75, 3.05) is 18.6 Å². The lowest BCUT2D eigenvalue weighted by Gasteiger charge is -2.29. The van der Waals surface area contributed by atoms with Gasteiger partial charge in [0.15, 0.2) is 5.03 Å². The number of amides is 2. The molecule has 3 aliphatic rings. The Labute approximate surface area is 292 Å². The van der Waals surface area contributed by atoms with Gasteiger partial charge >= 0.3 is 5.97 Å². The lowest BCUT2D eigenvalue weighted by atomic mass is 9.91. The molecular formula is C33H31Cl2N7O6S. The molecule has 2 amide bonds. The van der Waals surface area contributed by atoms with E-state index in [1.165, 1.54) is 35.2 Å². The molecular weight excluding hydrogens is 693 g/mol. The number of esters is 1. The predicted octanol–water partition coefficient (Wildman–Crippen LogP) is 4.26. The molecule has 4 aromatic rings. The van der Waals surface area contributed by atoms with Crippen molar-refractivity contribution in [2.24, 2.45) is 0 Å². The lowest BCUT2D eigenvalue weighted by Crippen LogP contribution is -2.52. The Morgan fingerprint density at radius 2 is 1.69 bits per heavy atom. The SMILES string of the molecule is COC(=O)C1(NC(=O)C2CCCN2S(=O)(=O)c2cnc3n2C(C)(Cc2ccc(-c4cncnc4)cc2)C(=O)N3c2cc(Cl)cc(Cl)c2)CC1. The van der Waals surface area contributed by atoms with Crippen molar-refractivity contribution in [3.63, 3.8) is 0 Å². The fourth-order valence-corrected chi connectivity index (χ4v) is 9.06. The average molecular weight is 725 g/mol. The van der Waals surface area contributed by atoms with Crippen molar-refractivity contribution < 1.29 is 27.5 Å². The smallest absolute Gasteiger partial charge is 0.331 e. The molecule has 7 rings (SSSR count). The molecule has 2 atom stereocenters. The van der Waals surface area contributed by atoms with Gasteiger partial charge in [-0.25, -0.2) is 33.1 Å². The number of fused-ring (bicyclic) bond motifs is 1. The Morgan fingerprint density at radius 3 is 2.33 bits per heavy atom. The lowest BCUT2D eigenvalue weighted by molar-refractivity contribution is -0.146. The second-order valence-electron chi connectivity index (χ2n) is 12.6. The zero-order valence-corrected chi connectivity index (χ0v) is 28.8. The zero-order chi connectivity index (χ0) is 34.7. The van der Waals surface area contributed by atoms with Gasteiger partial charge < -0.3 is 10.1 Å². The first-order valence-electron chi connectivity index (χ1n) is 15.5. The standard InChI is InChI=1S/C33H31Cl2N7O6S/c1-32(15-20-5-7-21(8-6-20)22-16-36-19-37-17-22)29(44)41(25-13-23(34)12-24(35)14-25)31-38-18-27(42(31)32)49(46,47)40-11-3-4-26(40)28(43)39-33(9-10-33)30(45)48-2/h5-8,12-14,16-19,26H,3-4,9-11,15H2,1-2H3,(H,39,43). The second kappa shape index (κ2) is 12.2. The van der Waals surface area contributed by atoms with Crippen LogP contribution < -0.4 is 10.2 Å². The number of hydrogen-bond donors (Lipinski definition) is 1. The molecule has 1 N–H and O–H groups in total. The summed E-state index contributed by atoms with van der Waals surface area (Å²) in [6, 6.07) is 11.0. The highest BCUT2D eigenvalue weighted by atomic mass is 35.5. The van der Waals surface area contributed by atoms with E-state index < -0.39 is 44.9 Å². The Balaban J connectivity index is 1.28. The molecule has 49 heavy (non-hydrogen) atoms. The zero-order valence-electron chi connectivity index (χ0n) is 26.5. The first kappa shape index (κ1) is 33.1. The molecule has 254 valence electrons. The summed E-state index contributed by atoms with van der Waals surface area (Å²) >= 11 is 12.7. The van der Waals surface area contributed by atoms with Crippen molar-refractivity contribution in [2.45, 2.75) is 61.2 Å². The van der Waals surface area contributed by atoms with Crippen LogP contribution in [0.4, 0.5) is 11.6 Å². The van der Waals surface area contributed by atoms with E-state index in [-0.39, 0.29) is 40.4 Å². The number of sulfonamides is 1. The molecule has 1 saturated carbocycles. The topological polar surface area (TPSA) is 157 Å². The van der Waals surface area contributed by atoms with Crippen LogP contribution in [0.25, 0.3) is 11.1 Å². The summed E-state index contributed by atoms with van der Waals surface area (Å²) in [6.07, 6.45) is 7.63. The summed E-state index contributed by atoms with van der Waals surface area (Å²) in [4.78, 5) is 54.3. The number of carbonyl (C=O) groups is 3. The summed E-state index contributed by atoms with van der Waals surface area (Å²) in [5, 5.41) is 3.04. The number of nitrogens with one attached hydrogen (secondary N) is 1. The van der Waals surface area contributed by atoms with Crippen LogP contribution in [-0.4, -0.2) is 75.3 Å². The highest BCUT2D eigenvalue weighted by Crippen LogP contribution is 2.45. The Hall–Kier alpha value is -4.37. The van der Waals surface area contributed by atoms with Crippen LogP contribution in [0.15, 0.2) is 72.4 Å². The fraction of sp³-hybridized carbons (Fsp3) is 0.333. The minimum Gasteiger partial charge on any atom is -0.467 e. The van der Waals surface area contributed by atoms with Crippen LogP contribution in [0, 0.1) is 0 Å². The third kappa shape index (κ3) is 5.66. The van der Waals surface area contributed by atoms with Gasteiger partial charge in [-0.15, -0.1) is 0 Å². The second-order valence-corrected chi connectivity index (χ2v) is 15.3. The molecule has 4 heterocycles. The van der Waals surface area contributed by atoms with Gasteiger partial charge in [-0.2, -0.15) is 4.31 Å². The van der Waals surface area contributed by atoms with E-state index in [9.17, 15) is 22.8 Å². The van der Waals surface area contributed by atoms with E-state index >= 15 is 0 Å². The summed E-state index contributed by atoms with van der Waals surface area (Å²) in [6.45, 7) is 1.72. The van der Waals surface area contributed by atoms with Gasteiger partial charge in [0, 0.05) is 41.0 Å². The molecule has 2 aromatic carbocycles. The number of rotatable bonds is 9. The Bertz CT molecular complexity index is 2070. The summed E-state index contributed by atoms with van der Waals surface area (Å²) < 4.78 is 36.5. The highest BCUT2D eigenvalue weighted by molar-refractivity contribution is 7.89. The maximum absolute atomic E-state index is 14.6. The van der Waals surface area contributed by atoms with Crippen molar-refractivity contribution >= 4 is 62.6 Å². The van der Waals surface area contributed by atoms with Crippen LogP contribution >= 0.6 is 23.2 Å². The van der Waals surface area contributed by atoms with Crippen molar-refractivity contribution in [1.29, 1.82) is 0 Å². The molecule has 13 nitrogen and oxygen atoms in total. The number of imidazole rings is 1. The van der Waals surface area contributed by atoms with Crippen LogP contribution in [0.2, 0.25) is 10.0 Å². The van der Waals surface area contributed by atoms with Crippen LogP contribution in [0.3, 0.4) is 0 Å². The van der Waals surface area contributed by atoms with E-state index in [1.54, 1.807) is 31.5 Å². The number of nitrogens with zero attached hydrogens (tertiary/aromatic N) is 6. The van der Waals surface area contributed by atoms with Gasteiger partial charge in [-0.3, -0.25) is 14.2 Å². The first-order chi connectivity index (χ1) is 23.4. The number of benzene rings is 2. The van der Waals surface area contributed by atoms with E-state index in [0.29, 0.717) is 24.9 Å². The van der Waals surface area contributed by atoms with Crippen molar-refractivity contribution in [3.05, 3.63) is 83.0 Å². The van der Waals surface area contributed by atoms with Crippen LogP contribution in [0.5, 0.6) is 0 Å². The minimum atomic E-state index is -4.42. The normalized spacial score (nSPS) is 21.4. The number of aromatic nitrogens is 4. The average Bonchev–Trinajstić information content (AvgIpc) is 3.40. The maximum atomic E-state index is 14.6. The summed E-state index contributed by atoms with van der Waals surface area (Å²) in [5.41, 5.74) is 0.122. The fourth-order valence-electron chi connectivity index (χ4n) is 6.70. The first-order valence-corrected chi connectivity index (χ1v) is 17.7. The van der Waals surface area contributed by atoms with Crippen LogP contribution in [-0.2, 0) is 41.1 Å². The van der Waals surface area contributed by atoms with E-state index in [0.717, 1.165) is 21.0 Å². The van der Waals surface area contributed by atoms with Gasteiger partial charge in [0.2, 0.25) is 11.9 Å². The van der Waals surface area contributed by atoms with Gasteiger partial charge in [0.05, 0.1) is 19.0 Å². The third-order valence-electron chi connectivity index (χ3n) is 9.34. The van der Waals surface area contributed by atoms with Gasteiger partial charge in [-0.05, 0) is 61.9 Å². The van der Waals surface area contributed by atoms with Crippen LogP contribution in [0.1, 0.15) is 38.2 Å². The molecule has 2 fully saturated rings. The summed E-state index contributed by atoms with van der Waals surface area (Å²) in [5.74, 6) is -1.54. The van der Waals surface area contributed by atoms with E-state index in [4.69, 9.17) is 27.9 Å². The highest BCUT2D eigenvalue weighted by Gasteiger charge is 2.56. The third-order valence-corrected chi connectivity index (χ3v) is 11.6. The van der Waals surface area contributed by atoms with Gasteiger partial charge in [0.25, 0.3) is 15.9 Å². The number of hydrogen-bond acceptors (Lipinski definition) is 9. The number of anilines is 2. The van der Waals surface area contributed by atoms with Gasteiger partial charge in [0.1, 0.15) is 23.4 Å². The number of ether oxygens (including phenoxy) is 1. The minimum absolute atomic E-state index is 0.0604.